The minimum Gasteiger partial charge on any atom is -0.373 e. The summed E-state index contributed by atoms with van der Waals surface area (Å²) in [6, 6.07) is 6.09. The predicted molar refractivity (Wildman–Crippen MR) is 80.5 cm³/mol. The molecule has 104 valence electrons. The summed E-state index contributed by atoms with van der Waals surface area (Å²) in [6.07, 6.45) is 12.1. The molecule has 1 aromatic carbocycles. The highest BCUT2D eigenvalue weighted by Crippen LogP contribution is 2.27. The van der Waals surface area contributed by atoms with Crippen LogP contribution < -0.4 is 10.6 Å². The first-order valence-electron chi connectivity index (χ1n) is 7.43. The van der Waals surface area contributed by atoms with Crippen molar-refractivity contribution in [1.29, 1.82) is 0 Å². The fourth-order valence-electron chi connectivity index (χ4n) is 3.16. The molecule has 0 aromatic heterocycles. The summed E-state index contributed by atoms with van der Waals surface area (Å²) in [5.74, 6) is 2.76. The van der Waals surface area contributed by atoms with Crippen LogP contribution in [-0.4, -0.2) is 18.0 Å². The molecule has 1 saturated carbocycles. The Morgan fingerprint density at radius 1 is 1.30 bits per heavy atom. The lowest BCUT2D eigenvalue weighted by Gasteiger charge is -2.24. The second-order valence-corrected chi connectivity index (χ2v) is 5.76. The van der Waals surface area contributed by atoms with Gasteiger partial charge in [0.1, 0.15) is 6.04 Å². The molecule has 20 heavy (non-hydrogen) atoms. The van der Waals surface area contributed by atoms with Crippen LogP contribution in [-0.2, 0) is 11.2 Å². The van der Waals surface area contributed by atoms with Gasteiger partial charge in [-0.2, -0.15) is 0 Å². The Balaban J connectivity index is 1.62. The number of carbonyl (C=O) groups excluding carboxylic acids is 1. The number of hydrogen-bond acceptors (Lipinski definition) is 2. The summed E-state index contributed by atoms with van der Waals surface area (Å²) < 4.78 is 0. The van der Waals surface area contributed by atoms with Gasteiger partial charge in [-0.05, 0) is 36.6 Å². The monoisotopic (exact) mass is 268 g/mol. The van der Waals surface area contributed by atoms with Crippen molar-refractivity contribution < 1.29 is 4.79 Å². The summed E-state index contributed by atoms with van der Waals surface area (Å²) in [4.78, 5) is 12.3. The predicted octanol–water partition coefficient (Wildman–Crippen LogP) is 2.45. The van der Waals surface area contributed by atoms with Crippen LogP contribution in [0.5, 0.6) is 0 Å². The SMILES string of the molecule is C#Cc1ccc2c(c1)CC(C(=O)NC1CCCCC1)N2. The molecule has 1 unspecified atom stereocenters. The largest absolute Gasteiger partial charge is 0.373 e. The van der Waals surface area contributed by atoms with E-state index in [0.29, 0.717) is 6.04 Å². The van der Waals surface area contributed by atoms with E-state index in [4.69, 9.17) is 6.42 Å². The standard InChI is InChI=1S/C17H20N2O/c1-2-12-8-9-15-13(10-12)11-16(19-15)17(20)18-14-6-4-3-5-7-14/h1,8-10,14,16,19H,3-7,11H2,(H,18,20). The first-order valence-corrected chi connectivity index (χ1v) is 7.43. The Labute approximate surface area is 120 Å². The molecular weight excluding hydrogens is 248 g/mol. The summed E-state index contributed by atoms with van der Waals surface area (Å²) in [5.41, 5.74) is 3.05. The molecule has 1 aliphatic heterocycles. The van der Waals surface area contributed by atoms with Gasteiger partial charge in [-0.25, -0.2) is 0 Å². The summed E-state index contributed by atoms with van der Waals surface area (Å²) in [5, 5.41) is 6.48. The molecule has 0 saturated heterocycles. The third-order valence-corrected chi connectivity index (χ3v) is 4.29. The maximum absolute atomic E-state index is 12.3. The molecule has 1 heterocycles. The number of fused-ring (bicyclic) bond motifs is 1. The van der Waals surface area contributed by atoms with E-state index < -0.39 is 0 Å². The molecule has 1 atom stereocenters. The van der Waals surface area contributed by atoms with Crippen molar-refractivity contribution in [2.24, 2.45) is 0 Å². The zero-order valence-electron chi connectivity index (χ0n) is 11.6. The molecule has 1 aromatic rings. The number of benzene rings is 1. The molecule has 0 bridgehead atoms. The van der Waals surface area contributed by atoms with Gasteiger partial charge in [0.25, 0.3) is 0 Å². The average Bonchev–Trinajstić information content (AvgIpc) is 2.91. The lowest BCUT2D eigenvalue weighted by molar-refractivity contribution is -0.122. The summed E-state index contributed by atoms with van der Waals surface area (Å²) >= 11 is 0. The van der Waals surface area contributed by atoms with Gasteiger partial charge in [-0.3, -0.25) is 4.79 Å². The fourth-order valence-corrected chi connectivity index (χ4v) is 3.16. The lowest BCUT2D eigenvalue weighted by atomic mass is 9.95. The highest BCUT2D eigenvalue weighted by atomic mass is 16.2. The summed E-state index contributed by atoms with van der Waals surface area (Å²) in [6.45, 7) is 0. The van der Waals surface area contributed by atoms with Gasteiger partial charge in [0, 0.05) is 23.7 Å². The van der Waals surface area contributed by atoms with Crippen LogP contribution in [0.1, 0.15) is 43.2 Å². The zero-order chi connectivity index (χ0) is 13.9. The topological polar surface area (TPSA) is 41.1 Å². The number of carbonyl (C=O) groups is 1. The van der Waals surface area contributed by atoms with Crippen LogP contribution in [0.2, 0.25) is 0 Å². The van der Waals surface area contributed by atoms with Gasteiger partial charge in [0.15, 0.2) is 0 Å². The minimum atomic E-state index is -0.153. The van der Waals surface area contributed by atoms with Crippen LogP contribution in [0, 0.1) is 12.3 Å². The maximum Gasteiger partial charge on any atom is 0.243 e. The first-order chi connectivity index (χ1) is 9.76. The number of terminal acetylenes is 1. The van der Waals surface area contributed by atoms with Gasteiger partial charge >= 0.3 is 0 Å². The molecule has 1 aliphatic carbocycles. The van der Waals surface area contributed by atoms with Gasteiger partial charge < -0.3 is 10.6 Å². The fraction of sp³-hybridized carbons (Fsp3) is 0.471. The maximum atomic E-state index is 12.3. The molecule has 1 fully saturated rings. The Kier molecular flexibility index (Phi) is 3.64. The van der Waals surface area contributed by atoms with Crippen molar-refractivity contribution >= 4 is 11.6 Å². The number of amides is 1. The van der Waals surface area contributed by atoms with Crippen LogP contribution >= 0.6 is 0 Å². The number of nitrogens with one attached hydrogen (secondary N) is 2. The lowest BCUT2D eigenvalue weighted by Crippen LogP contribution is -2.44. The molecule has 2 aliphatic rings. The van der Waals surface area contributed by atoms with Crippen molar-refractivity contribution in [2.45, 2.75) is 50.6 Å². The van der Waals surface area contributed by atoms with Crippen LogP contribution in [0.4, 0.5) is 5.69 Å². The van der Waals surface area contributed by atoms with Gasteiger partial charge in [0.05, 0.1) is 0 Å². The van der Waals surface area contributed by atoms with E-state index in [1.165, 1.54) is 19.3 Å². The molecule has 2 N–H and O–H groups in total. The van der Waals surface area contributed by atoms with Crippen LogP contribution in [0.25, 0.3) is 0 Å². The third-order valence-electron chi connectivity index (χ3n) is 4.29. The Morgan fingerprint density at radius 3 is 2.85 bits per heavy atom. The number of anilines is 1. The smallest absolute Gasteiger partial charge is 0.243 e. The second-order valence-electron chi connectivity index (χ2n) is 5.76. The molecule has 3 nitrogen and oxygen atoms in total. The van der Waals surface area contributed by atoms with Crippen LogP contribution in [0.15, 0.2) is 18.2 Å². The van der Waals surface area contributed by atoms with Gasteiger partial charge in [0.2, 0.25) is 5.91 Å². The van der Waals surface area contributed by atoms with Crippen LogP contribution in [0.3, 0.4) is 0 Å². The van der Waals surface area contributed by atoms with E-state index in [9.17, 15) is 4.79 Å². The normalized spacial score (nSPS) is 21.6. The molecule has 3 rings (SSSR count). The first kappa shape index (κ1) is 13.1. The van der Waals surface area contributed by atoms with E-state index in [1.54, 1.807) is 0 Å². The van der Waals surface area contributed by atoms with E-state index in [0.717, 1.165) is 36.1 Å². The van der Waals surface area contributed by atoms with Gasteiger partial charge in [-0.15, -0.1) is 6.42 Å². The van der Waals surface area contributed by atoms with E-state index in [2.05, 4.69) is 16.6 Å². The third kappa shape index (κ3) is 2.65. The van der Waals surface area contributed by atoms with Crippen molar-refractivity contribution in [2.75, 3.05) is 5.32 Å². The Bertz CT molecular complexity index is 553. The highest BCUT2D eigenvalue weighted by molar-refractivity contribution is 5.87. The number of hydrogen-bond donors (Lipinski definition) is 2. The molecule has 1 amide bonds. The Hall–Kier alpha value is -1.95. The summed E-state index contributed by atoms with van der Waals surface area (Å²) in [7, 11) is 0. The molecule has 0 spiro atoms. The molecular formula is C17H20N2O. The van der Waals surface area contributed by atoms with E-state index >= 15 is 0 Å². The quantitative estimate of drug-likeness (QED) is 0.809. The van der Waals surface area contributed by atoms with Crippen molar-refractivity contribution in [3.05, 3.63) is 29.3 Å². The van der Waals surface area contributed by atoms with Crippen molar-refractivity contribution in [3.8, 4) is 12.3 Å². The number of rotatable bonds is 2. The van der Waals surface area contributed by atoms with Crippen molar-refractivity contribution in [3.63, 3.8) is 0 Å². The molecule has 3 heteroatoms. The molecule has 0 radical (unpaired) electrons. The highest BCUT2D eigenvalue weighted by Gasteiger charge is 2.28. The Morgan fingerprint density at radius 2 is 2.10 bits per heavy atom. The van der Waals surface area contributed by atoms with E-state index in [-0.39, 0.29) is 11.9 Å². The zero-order valence-corrected chi connectivity index (χ0v) is 11.6. The van der Waals surface area contributed by atoms with Gasteiger partial charge in [-0.1, -0.05) is 25.2 Å². The minimum absolute atomic E-state index is 0.121. The van der Waals surface area contributed by atoms with Crippen molar-refractivity contribution in [1.82, 2.24) is 5.32 Å². The second kappa shape index (κ2) is 5.58. The van der Waals surface area contributed by atoms with E-state index in [1.807, 2.05) is 18.2 Å². The average molecular weight is 268 g/mol.